The fraction of sp³-hybridized carbons (Fsp3) is 0.348. The molecule has 2 heterocycles. The summed E-state index contributed by atoms with van der Waals surface area (Å²) in [5, 5.41) is 2.88. The van der Waals surface area contributed by atoms with E-state index in [1.165, 1.54) is 10.5 Å². The van der Waals surface area contributed by atoms with Crippen molar-refractivity contribution in [2.75, 3.05) is 38.2 Å². The summed E-state index contributed by atoms with van der Waals surface area (Å²) in [6, 6.07) is 14.6. The molecular weight excluding hydrogens is 382 g/mol. The first-order valence-corrected chi connectivity index (χ1v) is 10.3. The summed E-state index contributed by atoms with van der Waals surface area (Å²) < 4.78 is 5.36. The highest BCUT2D eigenvalue weighted by molar-refractivity contribution is 6.21. The molecule has 0 bridgehead atoms. The largest absolute Gasteiger partial charge is 0.379 e. The average Bonchev–Trinajstić information content (AvgIpc) is 3.01. The van der Waals surface area contributed by atoms with E-state index < -0.39 is 0 Å². The van der Waals surface area contributed by atoms with E-state index >= 15 is 0 Å². The molecule has 0 unspecified atom stereocenters. The van der Waals surface area contributed by atoms with Crippen molar-refractivity contribution in [1.29, 1.82) is 0 Å². The third-order valence-electron chi connectivity index (χ3n) is 5.41. The lowest BCUT2D eigenvalue weighted by molar-refractivity contribution is -0.116. The molecule has 1 saturated heterocycles. The van der Waals surface area contributed by atoms with Crippen molar-refractivity contribution in [3.63, 3.8) is 0 Å². The van der Waals surface area contributed by atoms with Gasteiger partial charge in [0, 0.05) is 38.3 Å². The second kappa shape index (κ2) is 9.19. The Morgan fingerprint density at radius 1 is 0.933 bits per heavy atom. The zero-order valence-corrected chi connectivity index (χ0v) is 16.8. The highest BCUT2D eigenvalue weighted by Crippen LogP contribution is 2.22. The van der Waals surface area contributed by atoms with Gasteiger partial charge >= 0.3 is 0 Å². The Morgan fingerprint density at radius 2 is 1.57 bits per heavy atom. The maximum absolute atomic E-state index is 12.3. The molecule has 3 amide bonds. The number of nitrogens with zero attached hydrogens (tertiary/aromatic N) is 2. The van der Waals surface area contributed by atoms with E-state index in [1.54, 1.807) is 24.3 Å². The zero-order valence-electron chi connectivity index (χ0n) is 16.8. The average molecular weight is 407 g/mol. The number of nitrogens with one attached hydrogen (secondary N) is 1. The van der Waals surface area contributed by atoms with Gasteiger partial charge in [-0.1, -0.05) is 24.3 Å². The lowest BCUT2D eigenvalue weighted by Crippen LogP contribution is -2.35. The van der Waals surface area contributed by atoms with Crippen LogP contribution in [0.5, 0.6) is 0 Å². The van der Waals surface area contributed by atoms with Gasteiger partial charge in [0.25, 0.3) is 11.8 Å². The zero-order chi connectivity index (χ0) is 20.9. The molecule has 0 aromatic heterocycles. The Balaban J connectivity index is 1.22. The van der Waals surface area contributed by atoms with Crippen LogP contribution in [-0.4, -0.2) is 60.4 Å². The maximum Gasteiger partial charge on any atom is 0.261 e. The molecule has 0 saturated carbocycles. The molecule has 0 aliphatic carbocycles. The second-order valence-electron chi connectivity index (χ2n) is 7.54. The molecule has 0 spiro atoms. The second-order valence-corrected chi connectivity index (χ2v) is 7.54. The Hall–Kier alpha value is -3.03. The number of fused-ring (bicyclic) bond motifs is 1. The monoisotopic (exact) mass is 407 g/mol. The van der Waals surface area contributed by atoms with Crippen LogP contribution in [0.4, 0.5) is 5.69 Å². The first-order valence-electron chi connectivity index (χ1n) is 10.3. The predicted molar refractivity (Wildman–Crippen MR) is 112 cm³/mol. The summed E-state index contributed by atoms with van der Waals surface area (Å²) in [6.45, 7) is 4.52. The number of carbonyl (C=O) groups is 3. The molecule has 2 aromatic rings. The standard InChI is InChI=1S/C23H25N3O4/c27-21(6-3-11-26-22(28)19-4-1-2-5-20(19)23(26)29)24-18-9-7-17(8-10-18)16-25-12-14-30-15-13-25/h1-2,4-5,7-10H,3,6,11-16H2,(H,24,27). The molecule has 7 nitrogen and oxygen atoms in total. The van der Waals surface area contributed by atoms with E-state index in [0.717, 1.165) is 38.5 Å². The van der Waals surface area contributed by atoms with Crippen molar-refractivity contribution in [2.24, 2.45) is 0 Å². The van der Waals surface area contributed by atoms with Crippen LogP contribution in [0, 0.1) is 0 Å². The van der Waals surface area contributed by atoms with Crippen LogP contribution >= 0.6 is 0 Å². The van der Waals surface area contributed by atoms with Gasteiger partial charge in [0.2, 0.25) is 5.91 Å². The topological polar surface area (TPSA) is 79.0 Å². The minimum absolute atomic E-state index is 0.132. The van der Waals surface area contributed by atoms with Crippen LogP contribution in [0.15, 0.2) is 48.5 Å². The van der Waals surface area contributed by atoms with Crippen molar-refractivity contribution >= 4 is 23.4 Å². The minimum atomic E-state index is -0.285. The normalized spacial score (nSPS) is 16.6. The van der Waals surface area contributed by atoms with Crippen LogP contribution in [0.3, 0.4) is 0 Å². The van der Waals surface area contributed by atoms with Crippen molar-refractivity contribution in [2.45, 2.75) is 19.4 Å². The van der Waals surface area contributed by atoms with Crippen LogP contribution in [0.1, 0.15) is 39.1 Å². The van der Waals surface area contributed by atoms with Crippen LogP contribution in [0.2, 0.25) is 0 Å². The molecule has 0 atom stereocenters. The minimum Gasteiger partial charge on any atom is -0.379 e. The molecule has 2 aromatic carbocycles. The Labute approximate surface area is 175 Å². The SMILES string of the molecule is O=C(CCCN1C(=O)c2ccccc2C1=O)Nc1ccc(CN2CCOCC2)cc1. The first-order chi connectivity index (χ1) is 14.6. The van der Waals surface area contributed by atoms with Gasteiger partial charge in [0.05, 0.1) is 24.3 Å². The van der Waals surface area contributed by atoms with Gasteiger partial charge in [-0.25, -0.2) is 0 Å². The number of ether oxygens (including phenoxy) is 1. The fourth-order valence-corrected chi connectivity index (χ4v) is 3.77. The lowest BCUT2D eigenvalue weighted by Gasteiger charge is -2.26. The van der Waals surface area contributed by atoms with Gasteiger partial charge in [0.1, 0.15) is 0 Å². The first kappa shape index (κ1) is 20.3. The van der Waals surface area contributed by atoms with Crippen molar-refractivity contribution < 1.29 is 19.1 Å². The van der Waals surface area contributed by atoms with Crippen molar-refractivity contribution in [3.05, 3.63) is 65.2 Å². The van der Waals surface area contributed by atoms with Crippen molar-refractivity contribution in [3.8, 4) is 0 Å². The maximum atomic E-state index is 12.3. The van der Waals surface area contributed by atoms with E-state index in [9.17, 15) is 14.4 Å². The number of anilines is 1. The van der Waals surface area contributed by atoms with E-state index in [4.69, 9.17) is 4.74 Å². The lowest BCUT2D eigenvalue weighted by atomic mass is 10.1. The van der Waals surface area contributed by atoms with Crippen LogP contribution in [-0.2, 0) is 16.1 Å². The summed E-state index contributed by atoms with van der Waals surface area (Å²) in [4.78, 5) is 40.5. The highest BCUT2D eigenvalue weighted by atomic mass is 16.5. The number of hydrogen-bond acceptors (Lipinski definition) is 5. The van der Waals surface area contributed by atoms with Gasteiger partial charge in [-0.15, -0.1) is 0 Å². The van der Waals surface area contributed by atoms with Gasteiger partial charge in [0.15, 0.2) is 0 Å². The van der Waals surface area contributed by atoms with E-state index in [-0.39, 0.29) is 30.7 Å². The molecular formula is C23H25N3O4. The van der Waals surface area contributed by atoms with E-state index in [2.05, 4.69) is 10.2 Å². The van der Waals surface area contributed by atoms with Crippen molar-refractivity contribution in [1.82, 2.24) is 9.80 Å². The number of amides is 3. The number of hydrogen-bond donors (Lipinski definition) is 1. The summed E-state index contributed by atoms with van der Waals surface area (Å²) >= 11 is 0. The fourth-order valence-electron chi connectivity index (χ4n) is 3.77. The molecule has 2 aliphatic rings. The smallest absolute Gasteiger partial charge is 0.261 e. The van der Waals surface area contributed by atoms with Gasteiger partial charge < -0.3 is 10.1 Å². The molecule has 30 heavy (non-hydrogen) atoms. The molecule has 2 aliphatic heterocycles. The number of rotatable bonds is 7. The molecule has 7 heteroatoms. The number of morpholine rings is 1. The number of benzene rings is 2. The molecule has 1 N–H and O–H groups in total. The Bertz CT molecular complexity index is 901. The third-order valence-corrected chi connectivity index (χ3v) is 5.41. The summed E-state index contributed by atoms with van der Waals surface area (Å²) in [6.07, 6.45) is 0.662. The quantitative estimate of drug-likeness (QED) is 0.714. The third kappa shape index (κ3) is 4.58. The van der Waals surface area contributed by atoms with Gasteiger partial charge in [-0.3, -0.25) is 24.2 Å². The molecule has 0 radical (unpaired) electrons. The summed E-state index contributed by atoms with van der Waals surface area (Å²) in [7, 11) is 0. The van der Waals surface area contributed by atoms with E-state index in [1.807, 2.05) is 24.3 Å². The predicted octanol–water partition coefficient (Wildman–Crippen LogP) is 2.53. The van der Waals surface area contributed by atoms with Crippen LogP contribution in [0.25, 0.3) is 0 Å². The number of imide groups is 1. The van der Waals surface area contributed by atoms with Gasteiger partial charge in [-0.2, -0.15) is 0 Å². The molecule has 4 rings (SSSR count). The summed E-state index contributed by atoms with van der Waals surface area (Å²) in [5.41, 5.74) is 2.81. The van der Waals surface area contributed by atoms with Crippen LogP contribution < -0.4 is 5.32 Å². The molecule has 1 fully saturated rings. The number of carbonyl (C=O) groups excluding carboxylic acids is 3. The Morgan fingerprint density at radius 3 is 2.20 bits per heavy atom. The highest BCUT2D eigenvalue weighted by Gasteiger charge is 2.34. The van der Waals surface area contributed by atoms with Gasteiger partial charge in [-0.05, 0) is 36.2 Å². The Kier molecular flexibility index (Phi) is 6.21. The van der Waals surface area contributed by atoms with E-state index in [0.29, 0.717) is 17.5 Å². The molecule has 156 valence electrons. The summed E-state index contributed by atoms with van der Waals surface area (Å²) in [5.74, 6) is -0.703.